The van der Waals surface area contributed by atoms with E-state index in [0.717, 1.165) is 35.1 Å². The van der Waals surface area contributed by atoms with E-state index in [4.69, 9.17) is 5.41 Å². The third-order valence-electron chi connectivity index (χ3n) is 2.81. The second kappa shape index (κ2) is 5.91. The van der Waals surface area contributed by atoms with Crippen LogP contribution in [0.5, 0.6) is 0 Å². The molecule has 0 aromatic carbocycles. The molecule has 0 atom stereocenters. The number of aromatic nitrogens is 2. The summed E-state index contributed by atoms with van der Waals surface area (Å²) in [4.78, 5) is 0. The summed E-state index contributed by atoms with van der Waals surface area (Å²) >= 11 is 1.91. The second-order valence-electron chi connectivity index (χ2n) is 4.15. The number of hydrogen-bond donors (Lipinski definition) is 2. The van der Waals surface area contributed by atoms with Crippen LogP contribution in [0.15, 0.2) is 18.7 Å². The van der Waals surface area contributed by atoms with Gasteiger partial charge in [0.05, 0.1) is 5.69 Å². The molecule has 0 fully saturated rings. The summed E-state index contributed by atoms with van der Waals surface area (Å²) in [5.41, 5.74) is 3.12. The fraction of sp³-hybridized carbons (Fsp3) is 0.385. The zero-order valence-electron chi connectivity index (χ0n) is 10.6. The number of rotatable bonds is 4. The Hall–Kier alpha value is -1.49. The van der Waals surface area contributed by atoms with Crippen molar-refractivity contribution in [3.63, 3.8) is 0 Å². The van der Waals surface area contributed by atoms with E-state index >= 15 is 0 Å². The maximum absolute atomic E-state index is 7.00. The van der Waals surface area contributed by atoms with Gasteiger partial charge in [0.15, 0.2) is 0 Å². The zero-order valence-corrected chi connectivity index (χ0v) is 11.4. The molecule has 1 aliphatic rings. The predicted molar refractivity (Wildman–Crippen MR) is 79.4 cm³/mol. The highest BCUT2D eigenvalue weighted by atomic mass is 32.2. The molecule has 2 heterocycles. The molecule has 0 unspecified atom stereocenters. The molecule has 0 saturated heterocycles. The molecule has 18 heavy (non-hydrogen) atoms. The smallest absolute Gasteiger partial charge is 0.128 e. The standard InChI is InChI=1S/C13H18N4S/c1-10(5-3-4-6-14)12-11-9-18-8-7-15-13(11)17(2)16-12/h3,5-6,14-15H,1,4,7-9H2,2H3/b5-3-,14-6?. The van der Waals surface area contributed by atoms with Gasteiger partial charge >= 0.3 is 0 Å². The second-order valence-corrected chi connectivity index (χ2v) is 5.25. The summed E-state index contributed by atoms with van der Waals surface area (Å²) in [7, 11) is 1.96. The lowest BCUT2D eigenvalue weighted by molar-refractivity contribution is 0.767. The molecule has 0 spiro atoms. The van der Waals surface area contributed by atoms with Crippen molar-refractivity contribution >= 4 is 29.4 Å². The van der Waals surface area contributed by atoms with Gasteiger partial charge in [-0.1, -0.05) is 18.7 Å². The molecule has 96 valence electrons. The number of thioether (sulfide) groups is 1. The normalized spacial score (nSPS) is 14.9. The SMILES string of the molecule is C=C(/C=C\CC=N)c1nn(C)c2c1CSCCN2. The molecular weight excluding hydrogens is 244 g/mol. The minimum Gasteiger partial charge on any atom is -0.369 e. The number of nitrogens with one attached hydrogen (secondary N) is 2. The fourth-order valence-electron chi connectivity index (χ4n) is 1.96. The Balaban J connectivity index is 2.28. The van der Waals surface area contributed by atoms with Crippen LogP contribution >= 0.6 is 11.8 Å². The van der Waals surface area contributed by atoms with E-state index in [1.54, 1.807) is 0 Å². The van der Waals surface area contributed by atoms with Gasteiger partial charge in [0, 0.05) is 37.1 Å². The summed E-state index contributed by atoms with van der Waals surface area (Å²) in [6.07, 6.45) is 5.90. The van der Waals surface area contributed by atoms with Crippen molar-refractivity contribution in [2.45, 2.75) is 12.2 Å². The molecule has 1 aromatic rings. The zero-order chi connectivity index (χ0) is 13.0. The molecule has 0 amide bonds. The van der Waals surface area contributed by atoms with E-state index in [9.17, 15) is 0 Å². The third kappa shape index (κ3) is 2.67. The molecule has 5 heteroatoms. The van der Waals surface area contributed by atoms with E-state index in [-0.39, 0.29) is 0 Å². The first-order valence-electron chi connectivity index (χ1n) is 5.96. The molecular formula is C13H18N4S. The number of anilines is 1. The average Bonchev–Trinajstić information content (AvgIpc) is 2.56. The molecule has 0 saturated carbocycles. The number of nitrogens with zero attached hydrogens (tertiary/aromatic N) is 2. The number of fused-ring (bicyclic) bond motifs is 1. The van der Waals surface area contributed by atoms with Gasteiger partial charge in [0.1, 0.15) is 5.82 Å². The maximum Gasteiger partial charge on any atom is 0.128 e. The number of aryl methyl sites for hydroxylation is 1. The van der Waals surface area contributed by atoms with E-state index in [2.05, 4.69) is 17.0 Å². The Morgan fingerprint density at radius 2 is 2.50 bits per heavy atom. The molecule has 1 aromatic heterocycles. The van der Waals surface area contributed by atoms with Gasteiger partial charge in [-0.2, -0.15) is 16.9 Å². The summed E-state index contributed by atoms with van der Waals surface area (Å²) in [5.74, 6) is 3.20. The molecule has 2 N–H and O–H groups in total. The molecule has 0 bridgehead atoms. The van der Waals surface area contributed by atoms with Crippen molar-refractivity contribution in [2.75, 3.05) is 17.6 Å². The molecule has 0 aliphatic carbocycles. The lowest BCUT2D eigenvalue weighted by atomic mass is 10.1. The summed E-state index contributed by atoms with van der Waals surface area (Å²) in [5, 5.41) is 15.0. The highest BCUT2D eigenvalue weighted by Gasteiger charge is 2.18. The maximum atomic E-state index is 7.00. The molecule has 1 aliphatic heterocycles. The van der Waals surface area contributed by atoms with Gasteiger partial charge in [-0.3, -0.25) is 4.68 Å². The van der Waals surface area contributed by atoms with Gasteiger partial charge in [0.2, 0.25) is 0 Å². The molecule has 4 nitrogen and oxygen atoms in total. The van der Waals surface area contributed by atoms with Crippen molar-refractivity contribution in [1.29, 1.82) is 5.41 Å². The molecule has 0 radical (unpaired) electrons. The van der Waals surface area contributed by atoms with Crippen LogP contribution in [-0.2, 0) is 12.8 Å². The van der Waals surface area contributed by atoms with Crippen LogP contribution in [0, 0.1) is 5.41 Å². The number of hydrogen-bond acceptors (Lipinski definition) is 4. The Bertz CT molecular complexity index is 487. The van der Waals surface area contributed by atoms with Gasteiger partial charge in [0.25, 0.3) is 0 Å². The van der Waals surface area contributed by atoms with E-state index in [1.165, 1.54) is 11.8 Å². The highest BCUT2D eigenvalue weighted by molar-refractivity contribution is 7.98. The first-order valence-corrected chi connectivity index (χ1v) is 7.11. The molecule has 2 rings (SSSR count). The first-order chi connectivity index (χ1) is 8.74. The van der Waals surface area contributed by atoms with Crippen LogP contribution in [0.1, 0.15) is 17.7 Å². The van der Waals surface area contributed by atoms with Crippen LogP contribution in [0.25, 0.3) is 5.57 Å². The summed E-state index contributed by atoms with van der Waals surface area (Å²) in [6.45, 7) is 5.05. The summed E-state index contributed by atoms with van der Waals surface area (Å²) < 4.78 is 1.90. The van der Waals surface area contributed by atoms with Crippen LogP contribution < -0.4 is 5.32 Å². The van der Waals surface area contributed by atoms with Crippen molar-refractivity contribution in [2.24, 2.45) is 7.05 Å². The van der Waals surface area contributed by atoms with E-state index in [0.29, 0.717) is 6.42 Å². The van der Waals surface area contributed by atoms with Crippen molar-refractivity contribution in [3.05, 3.63) is 30.0 Å². The first kappa shape index (κ1) is 13.0. The highest BCUT2D eigenvalue weighted by Crippen LogP contribution is 2.30. The van der Waals surface area contributed by atoms with Crippen molar-refractivity contribution in [3.8, 4) is 0 Å². The quantitative estimate of drug-likeness (QED) is 0.648. The summed E-state index contributed by atoms with van der Waals surface area (Å²) in [6, 6.07) is 0. The minimum absolute atomic E-state index is 0.640. The van der Waals surface area contributed by atoms with Crippen LogP contribution in [0.4, 0.5) is 5.82 Å². The lowest BCUT2D eigenvalue weighted by Gasteiger charge is -2.03. The average molecular weight is 262 g/mol. The van der Waals surface area contributed by atoms with Crippen LogP contribution in [0.3, 0.4) is 0 Å². The monoisotopic (exact) mass is 262 g/mol. The van der Waals surface area contributed by atoms with E-state index < -0.39 is 0 Å². The van der Waals surface area contributed by atoms with Crippen molar-refractivity contribution < 1.29 is 0 Å². The van der Waals surface area contributed by atoms with Crippen LogP contribution in [-0.4, -0.2) is 28.3 Å². The lowest BCUT2D eigenvalue weighted by Crippen LogP contribution is -2.06. The topological polar surface area (TPSA) is 53.7 Å². The fourth-order valence-corrected chi connectivity index (χ4v) is 2.83. The van der Waals surface area contributed by atoms with E-state index in [1.807, 2.05) is 35.6 Å². The number of allylic oxidation sites excluding steroid dienone is 3. The largest absolute Gasteiger partial charge is 0.369 e. The van der Waals surface area contributed by atoms with Gasteiger partial charge in [-0.15, -0.1) is 0 Å². The van der Waals surface area contributed by atoms with Crippen molar-refractivity contribution in [1.82, 2.24) is 9.78 Å². The van der Waals surface area contributed by atoms with Crippen LogP contribution in [0.2, 0.25) is 0 Å². The Morgan fingerprint density at radius 1 is 1.67 bits per heavy atom. The van der Waals surface area contributed by atoms with Gasteiger partial charge in [-0.05, 0) is 11.8 Å². The Labute approximate surface area is 112 Å². The predicted octanol–water partition coefficient (Wildman–Crippen LogP) is 2.69. The van der Waals surface area contributed by atoms with Gasteiger partial charge < -0.3 is 10.7 Å². The Kier molecular flexibility index (Phi) is 4.25. The van der Waals surface area contributed by atoms with Gasteiger partial charge in [-0.25, -0.2) is 0 Å². The Morgan fingerprint density at radius 3 is 3.28 bits per heavy atom. The minimum atomic E-state index is 0.640. The third-order valence-corrected chi connectivity index (χ3v) is 3.79.